The summed E-state index contributed by atoms with van der Waals surface area (Å²) in [6, 6.07) is 13.0. The van der Waals surface area contributed by atoms with E-state index in [1.54, 1.807) is 35.6 Å². The second-order valence-electron chi connectivity index (χ2n) is 6.11. The Hall–Kier alpha value is -3.17. The van der Waals surface area contributed by atoms with E-state index in [1.165, 1.54) is 19.1 Å². The van der Waals surface area contributed by atoms with E-state index < -0.39 is 10.0 Å². The predicted octanol–water partition coefficient (Wildman–Crippen LogP) is 3.82. The molecule has 0 aliphatic heterocycles. The zero-order chi connectivity index (χ0) is 19.7. The van der Waals surface area contributed by atoms with E-state index in [0.717, 1.165) is 16.2 Å². The second-order valence-corrected chi connectivity index (χ2v) is 8.66. The number of thiazole rings is 1. The maximum Gasteiger partial charge on any atom is 0.261 e. The van der Waals surface area contributed by atoms with Crippen LogP contribution in [0.5, 0.6) is 0 Å². The van der Waals surface area contributed by atoms with Gasteiger partial charge in [-0.05, 0) is 36.4 Å². The van der Waals surface area contributed by atoms with E-state index in [4.69, 9.17) is 0 Å². The highest BCUT2D eigenvalue weighted by atomic mass is 32.2. The van der Waals surface area contributed by atoms with Crippen molar-refractivity contribution < 1.29 is 13.2 Å². The van der Waals surface area contributed by atoms with E-state index in [2.05, 4.69) is 15.0 Å². The molecule has 2 aromatic heterocycles. The molecule has 0 unspecified atom stereocenters. The Balaban J connectivity index is 1.51. The Kier molecular flexibility index (Phi) is 4.62. The molecule has 7 nitrogen and oxygen atoms in total. The van der Waals surface area contributed by atoms with Gasteiger partial charge in [0.05, 0.1) is 10.6 Å². The number of nitrogens with zero attached hydrogens (tertiary/aromatic N) is 2. The maximum absolute atomic E-state index is 12.6. The lowest BCUT2D eigenvalue weighted by atomic mass is 10.1. The third kappa shape index (κ3) is 3.75. The molecule has 2 aromatic carbocycles. The molecule has 28 heavy (non-hydrogen) atoms. The van der Waals surface area contributed by atoms with E-state index in [0.29, 0.717) is 11.4 Å². The molecule has 4 rings (SSSR count). The Morgan fingerprint density at radius 2 is 1.71 bits per heavy atom. The Bertz CT molecular complexity index is 1210. The molecule has 0 fully saturated rings. The van der Waals surface area contributed by atoms with Crippen molar-refractivity contribution in [3.63, 3.8) is 0 Å². The summed E-state index contributed by atoms with van der Waals surface area (Å²) in [5, 5.41) is 4.57. The summed E-state index contributed by atoms with van der Waals surface area (Å²) < 4.78 is 29.6. The molecule has 2 heterocycles. The average Bonchev–Trinajstić information content (AvgIpc) is 3.24. The predicted molar refractivity (Wildman–Crippen MR) is 110 cm³/mol. The van der Waals surface area contributed by atoms with Gasteiger partial charge in [0.15, 0.2) is 4.96 Å². The van der Waals surface area contributed by atoms with Crippen LogP contribution in [0.25, 0.3) is 16.2 Å². The molecule has 0 spiro atoms. The molecule has 142 valence electrons. The zero-order valence-corrected chi connectivity index (χ0v) is 16.4. The quantitative estimate of drug-likeness (QED) is 0.521. The van der Waals surface area contributed by atoms with Crippen molar-refractivity contribution in [3.8, 4) is 11.3 Å². The highest BCUT2D eigenvalue weighted by molar-refractivity contribution is 7.92. The van der Waals surface area contributed by atoms with Gasteiger partial charge in [-0.2, -0.15) is 0 Å². The number of carbonyl (C=O) groups is 1. The number of nitrogens with one attached hydrogen (secondary N) is 2. The molecular weight excluding hydrogens is 396 g/mol. The average molecular weight is 412 g/mol. The number of fused-ring (bicyclic) bond motifs is 1. The SMILES string of the molecule is CC(=O)Nc1ccc(S(=O)(=O)Nc2ccc(-c3cn4ccsc4n3)cc2)cc1. The van der Waals surface area contributed by atoms with Crippen LogP contribution in [0.1, 0.15) is 6.92 Å². The molecule has 0 aliphatic carbocycles. The van der Waals surface area contributed by atoms with Gasteiger partial charge < -0.3 is 5.32 Å². The molecule has 0 atom stereocenters. The van der Waals surface area contributed by atoms with Crippen LogP contribution in [0.2, 0.25) is 0 Å². The van der Waals surface area contributed by atoms with E-state index >= 15 is 0 Å². The van der Waals surface area contributed by atoms with Crippen LogP contribution in [0.3, 0.4) is 0 Å². The zero-order valence-electron chi connectivity index (χ0n) is 14.8. The monoisotopic (exact) mass is 412 g/mol. The standard InChI is InChI=1S/C19H16N4O3S2/c1-13(24)20-15-6-8-17(9-7-15)28(25,26)22-16-4-2-14(3-5-16)18-12-23-10-11-27-19(23)21-18/h2-12,22H,1H3,(H,20,24). The van der Waals surface area contributed by atoms with Crippen molar-refractivity contribution in [1.82, 2.24) is 9.38 Å². The van der Waals surface area contributed by atoms with Crippen LogP contribution in [-0.2, 0) is 14.8 Å². The molecule has 2 N–H and O–H groups in total. The fourth-order valence-corrected chi connectivity index (χ4v) is 4.47. The van der Waals surface area contributed by atoms with Crippen molar-refractivity contribution >= 4 is 43.6 Å². The molecule has 0 bridgehead atoms. The smallest absolute Gasteiger partial charge is 0.261 e. The van der Waals surface area contributed by atoms with Crippen LogP contribution in [0, 0.1) is 0 Å². The first-order valence-electron chi connectivity index (χ1n) is 8.34. The summed E-state index contributed by atoms with van der Waals surface area (Å²) in [4.78, 5) is 16.6. The van der Waals surface area contributed by atoms with E-state index in [9.17, 15) is 13.2 Å². The van der Waals surface area contributed by atoms with Crippen LogP contribution in [0.4, 0.5) is 11.4 Å². The first-order valence-corrected chi connectivity index (χ1v) is 10.7. The number of hydrogen-bond acceptors (Lipinski definition) is 5. The molecule has 1 amide bonds. The number of aromatic nitrogens is 2. The molecule has 0 radical (unpaired) electrons. The largest absolute Gasteiger partial charge is 0.326 e. The van der Waals surface area contributed by atoms with Gasteiger partial charge in [-0.15, -0.1) is 11.3 Å². The molecule has 0 aliphatic rings. The Morgan fingerprint density at radius 3 is 2.36 bits per heavy atom. The molecule has 0 saturated carbocycles. The van der Waals surface area contributed by atoms with Crippen LogP contribution < -0.4 is 10.0 Å². The lowest BCUT2D eigenvalue weighted by Gasteiger charge is -2.09. The summed E-state index contributed by atoms with van der Waals surface area (Å²) in [6.07, 6.45) is 3.87. The van der Waals surface area contributed by atoms with Crippen molar-refractivity contribution in [2.24, 2.45) is 0 Å². The minimum absolute atomic E-state index is 0.111. The number of hydrogen-bond donors (Lipinski definition) is 2. The number of amides is 1. The number of carbonyl (C=O) groups excluding carboxylic acids is 1. The third-order valence-corrected chi connectivity index (χ3v) is 6.18. The number of benzene rings is 2. The van der Waals surface area contributed by atoms with Crippen LogP contribution in [0.15, 0.2) is 71.2 Å². The second kappa shape index (κ2) is 7.10. The molecule has 4 aromatic rings. The van der Waals surface area contributed by atoms with Gasteiger partial charge in [0.25, 0.3) is 10.0 Å². The van der Waals surface area contributed by atoms with Gasteiger partial charge in [0.1, 0.15) is 0 Å². The van der Waals surface area contributed by atoms with Gasteiger partial charge in [0, 0.05) is 41.6 Å². The topological polar surface area (TPSA) is 92.6 Å². The minimum Gasteiger partial charge on any atom is -0.326 e. The molecule has 9 heteroatoms. The van der Waals surface area contributed by atoms with E-state index in [-0.39, 0.29) is 10.8 Å². The van der Waals surface area contributed by atoms with Crippen molar-refractivity contribution in [3.05, 3.63) is 66.3 Å². The van der Waals surface area contributed by atoms with Gasteiger partial charge in [-0.25, -0.2) is 13.4 Å². The summed E-state index contributed by atoms with van der Waals surface area (Å²) in [7, 11) is -3.73. The Morgan fingerprint density at radius 1 is 1.04 bits per heavy atom. The fourth-order valence-electron chi connectivity index (χ4n) is 2.71. The van der Waals surface area contributed by atoms with Crippen LogP contribution in [-0.4, -0.2) is 23.7 Å². The van der Waals surface area contributed by atoms with Crippen LogP contribution >= 0.6 is 11.3 Å². The molecular formula is C19H16N4O3S2. The number of anilines is 2. The lowest BCUT2D eigenvalue weighted by molar-refractivity contribution is -0.114. The first-order chi connectivity index (χ1) is 13.4. The maximum atomic E-state index is 12.6. The summed E-state index contributed by atoms with van der Waals surface area (Å²) in [6.45, 7) is 1.39. The van der Waals surface area contributed by atoms with Gasteiger partial charge >= 0.3 is 0 Å². The van der Waals surface area contributed by atoms with E-state index in [1.807, 2.05) is 34.3 Å². The number of rotatable bonds is 5. The Labute approximate surface area is 165 Å². The summed E-state index contributed by atoms with van der Waals surface area (Å²) in [5.41, 5.74) is 2.72. The lowest BCUT2D eigenvalue weighted by Crippen LogP contribution is -2.13. The minimum atomic E-state index is -3.73. The highest BCUT2D eigenvalue weighted by Crippen LogP contribution is 2.24. The fraction of sp³-hybridized carbons (Fsp3) is 0.0526. The first kappa shape index (κ1) is 18.2. The summed E-state index contributed by atoms with van der Waals surface area (Å²) in [5.74, 6) is -0.216. The van der Waals surface area contributed by atoms with Crippen molar-refractivity contribution in [1.29, 1.82) is 0 Å². The van der Waals surface area contributed by atoms with Gasteiger partial charge in [0.2, 0.25) is 5.91 Å². The van der Waals surface area contributed by atoms with Gasteiger partial charge in [-0.1, -0.05) is 12.1 Å². The van der Waals surface area contributed by atoms with Gasteiger partial charge in [-0.3, -0.25) is 13.9 Å². The number of sulfonamides is 1. The number of imidazole rings is 1. The van der Waals surface area contributed by atoms with Crippen molar-refractivity contribution in [2.75, 3.05) is 10.0 Å². The van der Waals surface area contributed by atoms with Crippen molar-refractivity contribution in [2.45, 2.75) is 11.8 Å². The third-order valence-electron chi connectivity index (χ3n) is 4.01. The normalized spacial score (nSPS) is 11.5. The molecule has 0 saturated heterocycles. The summed E-state index contributed by atoms with van der Waals surface area (Å²) >= 11 is 1.55. The highest BCUT2D eigenvalue weighted by Gasteiger charge is 2.14.